The van der Waals surface area contributed by atoms with E-state index in [-0.39, 0.29) is 5.82 Å². The number of rotatable bonds is 6. The fraction of sp³-hybridized carbons (Fsp3) is 0.308. The van der Waals surface area contributed by atoms with Crippen molar-refractivity contribution < 1.29 is 9.50 Å². The monoisotopic (exact) mass is 249 g/mol. The molecule has 0 spiro atoms. The molecule has 1 atom stereocenters. The van der Waals surface area contributed by atoms with Crippen LogP contribution < -0.4 is 5.32 Å². The highest BCUT2D eigenvalue weighted by molar-refractivity contribution is 5.18. The third-order valence-corrected chi connectivity index (χ3v) is 2.68. The minimum Gasteiger partial charge on any atom is -0.387 e. The number of hydrogen-bond donors (Lipinski definition) is 2. The van der Waals surface area contributed by atoms with Gasteiger partial charge in [-0.2, -0.15) is 0 Å². The first-order valence-electron chi connectivity index (χ1n) is 5.85. The molecule has 2 rings (SSSR count). The number of aromatic nitrogens is 2. The molecule has 1 aromatic carbocycles. The normalized spacial score (nSPS) is 12.6. The lowest BCUT2D eigenvalue weighted by Gasteiger charge is -2.12. The molecule has 0 aliphatic rings. The van der Waals surface area contributed by atoms with Gasteiger partial charge in [-0.15, -0.1) is 0 Å². The Hall–Kier alpha value is -1.72. The van der Waals surface area contributed by atoms with Crippen LogP contribution in [0.2, 0.25) is 0 Å². The summed E-state index contributed by atoms with van der Waals surface area (Å²) in [6.45, 7) is 1.91. The second-order valence-electron chi connectivity index (χ2n) is 4.08. The van der Waals surface area contributed by atoms with Gasteiger partial charge < -0.3 is 15.0 Å². The van der Waals surface area contributed by atoms with Crippen molar-refractivity contribution in [1.82, 2.24) is 14.9 Å². The van der Waals surface area contributed by atoms with Gasteiger partial charge in [0.25, 0.3) is 0 Å². The first-order valence-corrected chi connectivity index (χ1v) is 5.85. The summed E-state index contributed by atoms with van der Waals surface area (Å²) in [6, 6.07) is 6.02. The summed E-state index contributed by atoms with van der Waals surface area (Å²) >= 11 is 0. The number of hydrogen-bond acceptors (Lipinski definition) is 3. The Morgan fingerprint density at radius 1 is 1.44 bits per heavy atom. The minimum absolute atomic E-state index is 0.329. The zero-order chi connectivity index (χ0) is 12.8. The van der Waals surface area contributed by atoms with Crippen molar-refractivity contribution in [1.29, 1.82) is 0 Å². The van der Waals surface area contributed by atoms with Gasteiger partial charge in [0.15, 0.2) is 0 Å². The van der Waals surface area contributed by atoms with Crippen molar-refractivity contribution >= 4 is 0 Å². The lowest BCUT2D eigenvalue weighted by molar-refractivity contribution is 0.174. The molecule has 0 amide bonds. The maximum absolute atomic E-state index is 13.0. The van der Waals surface area contributed by atoms with E-state index < -0.39 is 6.10 Å². The minimum atomic E-state index is -0.691. The Bertz CT molecular complexity index is 473. The van der Waals surface area contributed by atoms with Gasteiger partial charge in [0.05, 0.1) is 12.4 Å². The third-order valence-electron chi connectivity index (χ3n) is 2.68. The van der Waals surface area contributed by atoms with Crippen molar-refractivity contribution in [3.8, 4) is 0 Å². The molecule has 18 heavy (non-hydrogen) atoms. The first-order chi connectivity index (χ1) is 8.75. The second-order valence-corrected chi connectivity index (χ2v) is 4.08. The highest BCUT2D eigenvalue weighted by atomic mass is 19.1. The quantitative estimate of drug-likeness (QED) is 0.760. The second kappa shape index (κ2) is 6.28. The van der Waals surface area contributed by atoms with E-state index in [4.69, 9.17) is 0 Å². The molecule has 0 bridgehead atoms. The van der Waals surface area contributed by atoms with Crippen LogP contribution in [0.3, 0.4) is 0 Å². The smallest absolute Gasteiger partial charge is 0.123 e. The van der Waals surface area contributed by atoms with Gasteiger partial charge in [0, 0.05) is 32.0 Å². The summed E-state index contributed by atoms with van der Waals surface area (Å²) in [5.74, 6) is -0.329. The molecule has 0 aliphatic heterocycles. The molecule has 1 unspecified atom stereocenters. The van der Waals surface area contributed by atoms with Gasteiger partial charge >= 0.3 is 0 Å². The molecule has 0 saturated heterocycles. The molecule has 2 N–H and O–H groups in total. The maximum atomic E-state index is 13.0. The standard InChI is InChI=1S/C13H16FN3O/c14-12-3-1-2-11(8-12)13(18)9-15-4-6-17-7-5-16-10-17/h1-3,5,7-8,10,13,15,18H,4,6,9H2. The molecular weight excluding hydrogens is 233 g/mol. The molecule has 4 nitrogen and oxygen atoms in total. The fourth-order valence-electron chi connectivity index (χ4n) is 1.70. The molecule has 0 saturated carbocycles. The van der Waals surface area contributed by atoms with Crippen LogP contribution in [0.25, 0.3) is 0 Å². The van der Waals surface area contributed by atoms with Crippen LogP contribution >= 0.6 is 0 Å². The molecule has 1 aromatic heterocycles. The Morgan fingerprint density at radius 2 is 2.33 bits per heavy atom. The van der Waals surface area contributed by atoms with Crippen LogP contribution in [-0.4, -0.2) is 27.7 Å². The Balaban J connectivity index is 1.73. The van der Waals surface area contributed by atoms with Crippen LogP contribution in [0.5, 0.6) is 0 Å². The molecule has 0 radical (unpaired) electrons. The Kier molecular flexibility index (Phi) is 4.44. The van der Waals surface area contributed by atoms with Crippen LogP contribution in [0.1, 0.15) is 11.7 Å². The van der Waals surface area contributed by atoms with Crippen molar-refractivity contribution in [3.05, 3.63) is 54.4 Å². The van der Waals surface area contributed by atoms with Crippen LogP contribution in [0.15, 0.2) is 43.0 Å². The summed E-state index contributed by atoms with van der Waals surface area (Å²) in [7, 11) is 0. The average Bonchev–Trinajstić information content (AvgIpc) is 2.87. The number of aliphatic hydroxyl groups excluding tert-OH is 1. The van der Waals surface area contributed by atoms with E-state index in [2.05, 4.69) is 10.3 Å². The maximum Gasteiger partial charge on any atom is 0.123 e. The highest BCUT2D eigenvalue weighted by Crippen LogP contribution is 2.12. The molecule has 2 aromatic rings. The predicted octanol–water partition coefficient (Wildman–Crippen LogP) is 1.35. The van der Waals surface area contributed by atoms with Crippen molar-refractivity contribution in [2.24, 2.45) is 0 Å². The lowest BCUT2D eigenvalue weighted by Crippen LogP contribution is -2.25. The van der Waals surface area contributed by atoms with Gasteiger partial charge in [0.1, 0.15) is 5.82 Å². The third kappa shape index (κ3) is 3.65. The van der Waals surface area contributed by atoms with Gasteiger partial charge in [-0.05, 0) is 17.7 Å². The summed E-state index contributed by atoms with van der Waals surface area (Å²) in [4.78, 5) is 3.94. The SMILES string of the molecule is OC(CNCCn1ccnc1)c1cccc(F)c1. The Morgan fingerprint density at radius 3 is 3.06 bits per heavy atom. The first kappa shape index (κ1) is 12.7. The molecule has 5 heteroatoms. The van der Waals surface area contributed by atoms with E-state index in [1.165, 1.54) is 12.1 Å². The van der Waals surface area contributed by atoms with E-state index in [1.54, 1.807) is 24.7 Å². The lowest BCUT2D eigenvalue weighted by atomic mass is 10.1. The van der Waals surface area contributed by atoms with Crippen molar-refractivity contribution in [3.63, 3.8) is 0 Å². The zero-order valence-electron chi connectivity index (χ0n) is 9.96. The number of aliphatic hydroxyl groups is 1. The highest BCUT2D eigenvalue weighted by Gasteiger charge is 2.07. The van der Waals surface area contributed by atoms with Gasteiger partial charge in [-0.3, -0.25) is 0 Å². The van der Waals surface area contributed by atoms with Crippen molar-refractivity contribution in [2.45, 2.75) is 12.6 Å². The van der Waals surface area contributed by atoms with Gasteiger partial charge in [-0.25, -0.2) is 9.37 Å². The molecular formula is C13H16FN3O. The van der Waals surface area contributed by atoms with Crippen molar-refractivity contribution in [2.75, 3.05) is 13.1 Å². The molecule has 1 heterocycles. The summed E-state index contributed by atoms with van der Waals surface area (Å²) < 4.78 is 14.9. The molecule has 96 valence electrons. The predicted molar refractivity (Wildman–Crippen MR) is 66.5 cm³/mol. The van der Waals surface area contributed by atoms with E-state index in [9.17, 15) is 9.50 Å². The van der Waals surface area contributed by atoms with E-state index >= 15 is 0 Å². The van der Waals surface area contributed by atoms with Crippen LogP contribution in [0, 0.1) is 5.82 Å². The summed E-state index contributed by atoms with van der Waals surface area (Å²) in [5, 5.41) is 13.0. The molecule has 0 fully saturated rings. The topological polar surface area (TPSA) is 50.1 Å². The van der Waals surface area contributed by atoms with E-state index in [0.29, 0.717) is 12.1 Å². The van der Waals surface area contributed by atoms with E-state index in [0.717, 1.165) is 13.1 Å². The largest absolute Gasteiger partial charge is 0.387 e. The van der Waals surface area contributed by atoms with E-state index in [1.807, 2.05) is 10.8 Å². The van der Waals surface area contributed by atoms with Crippen LogP contribution in [0.4, 0.5) is 4.39 Å². The Labute approximate surface area is 105 Å². The van der Waals surface area contributed by atoms with Crippen LogP contribution in [-0.2, 0) is 6.54 Å². The number of imidazole rings is 1. The number of benzene rings is 1. The van der Waals surface area contributed by atoms with Gasteiger partial charge in [0.2, 0.25) is 0 Å². The fourth-order valence-corrected chi connectivity index (χ4v) is 1.70. The summed E-state index contributed by atoms with van der Waals surface area (Å²) in [5.41, 5.74) is 0.588. The zero-order valence-corrected chi connectivity index (χ0v) is 9.96. The molecule has 0 aliphatic carbocycles. The number of halogens is 1. The van der Waals surface area contributed by atoms with Gasteiger partial charge in [-0.1, -0.05) is 12.1 Å². The average molecular weight is 249 g/mol. The number of nitrogens with one attached hydrogen (secondary N) is 1. The summed E-state index contributed by atoms with van der Waals surface area (Å²) in [6.07, 6.45) is 4.65. The number of nitrogens with zero attached hydrogens (tertiary/aromatic N) is 2.